The fraction of sp³-hybridized carbons (Fsp3) is 0.417. The van der Waals surface area contributed by atoms with Crippen LogP contribution in [0.3, 0.4) is 0 Å². The highest BCUT2D eigenvalue weighted by Gasteiger charge is 2.32. The van der Waals surface area contributed by atoms with E-state index in [4.69, 9.17) is 20.7 Å². The summed E-state index contributed by atoms with van der Waals surface area (Å²) in [5.74, 6) is -1.49. The van der Waals surface area contributed by atoms with Crippen molar-refractivity contribution in [3.63, 3.8) is 0 Å². The lowest BCUT2D eigenvalue weighted by atomic mass is 10.0. The number of nitrogens with zero attached hydrogens (tertiary/aromatic N) is 2. The Labute approximate surface area is 208 Å². The van der Waals surface area contributed by atoms with Crippen LogP contribution in [0.2, 0.25) is 0 Å². The van der Waals surface area contributed by atoms with E-state index in [2.05, 4.69) is 15.6 Å². The van der Waals surface area contributed by atoms with Gasteiger partial charge < -0.3 is 25.9 Å². The zero-order valence-corrected chi connectivity index (χ0v) is 19.9. The first-order valence-electron chi connectivity index (χ1n) is 11.7. The Morgan fingerprint density at radius 1 is 1.03 bits per heavy atom. The Kier molecular flexibility index (Phi) is 9.55. The first-order valence-corrected chi connectivity index (χ1v) is 11.7. The third kappa shape index (κ3) is 8.22. The predicted octanol–water partition coefficient (Wildman–Crippen LogP) is 1.31. The van der Waals surface area contributed by atoms with Gasteiger partial charge >= 0.3 is 12.1 Å². The van der Waals surface area contributed by atoms with E-state index in [9.17, 15) is 19.2 Å². The molecule has 0 spiro atoms. The molecular formula is C24H30N6O6. The predicted molar refractivity (Wildman–Crippen MR) is 129 cm³/mol. The van der Waals surface area contributed by atoms with Crippen molar-refractivity contribution >= 4 is 40.7 Å². The highest BCUT2D eigenvalue weighted by molar-refractivity contribution is 6.01. The second kappa shape index (κ2) is 13.0. The van der Waals surface area contributed by atoms with Crippen LogP contribution in [0.5, 0.6) is 0 Å². The molecule has 1 aromatic carbocycles. The number of nitrogens with one attached hydrogen (secondary N) is 3. The van der Waals surface area contributed by atoms with Gasteiger partial charge in [-0.25, -0.2) is 4.79 Å². The van der Waals surface area contributed by atoms with Gasteiger partial charge in [0.1, 0.15) is 6.61 Å². The molecule has 2 heterocycles. The molecule has 5 N–H and O–H groups in total. The number of hydroxylamine groups is 2. The Bertz CT molecular complexity index is 1120. The van der Waals surface area contributed by atoms with Crippen molar-refractivity contribution in [1.29, 1.82) is 5.41 Å². The van der Waals surface area contributed by atoms with Gasteiger partial charge in [-0.05, 0) is 55.0 Å². The third-order valence-electron chi connectivity index (χ3n) is 5.42. The Morgan fingerprint density at radius 3 is 2.50 bits per heavy atom. The van der Waals surface area contributed by atoms with Gasteiger partial charge in [0.15, 0.2) is 5.96 Å². The van der Waals surface area contributed by atoms with E-state index in [1.165, 1.54) is 0 Å². The van der Waals surface area contributed by atoms with Gasteiger partial charge in [0.2, 0.25) is 0 Å². The zero-order valence-electron chi connectivity index (χ0n) is 19.9. The molecule has 0 saturated carbocycles. The Hall–Kier alpha value is -4.22. The van der Waals surface area contributed by atoms with Gasteiger partial charge in [-0.3, -0.25) is 24.8 Å². The van der Waals surface area contributed by atoms with Crippen LogP contribution in [-0.4, -0.2) is 59.6 Å². The summed E-state index contributed by atoms with van der Waals surface area (Å²) in [5, 5.41) is 13.7. The highest BCUT2D eigenvalue weighted by Crippen LogP contribution is 2.18. The van der Waals surface area contributed by atoms with E-state index in [-0.39, 0.29) is 37.8 Å². The number of esters is 1. The standard InChI is InChI=1S/C24H30N6O6/c25-23(26)27-11-12-35-22(33)5-1-3-17-14-18-13-16(6-7-19(18)29-15-17)4-2-10-28-24(34)36-30-20(31)8-9-21(30)32/h6-7,13-15H,1-5,8-12H2,(H,28,34)(H4,25,26,27). The summed E-state index contributed by atoms with van der Waals surface area (Å²) >= 11 is 0. The minimum Gasteiger partial charge on any atom is -0.464 e. The normalized spacial score (nSPS) is 13.1. The maximum Gasteiger partial charge on any atom is 0.432 e. The maximum atomic E-state index is 11.8. The number of aryl methyl sites for hydroxylation is 2. The molecule has 0 atom stereocenters. The number of rotatable bonds is 12. The van der Waals surface area contributed by atoms with Crippen LogP contribution < -0.4 is 16.4 Å². The molecule has 0 bridgehead atoms. The van der Waals surface area contributed by atoms with E-state index in [0.717, 1.165) is 22.0 Å². The molecule has 36 heavy (non-hydrogen) atoms. The summed E-state index contributed by atoms with van der Waals surface area (Å²) in [4.78, 5) is 55.8. The molecule has 0 unspecified atom stereocenters. The fourth-order valence-electron chi connectivity index (χ4n) is 3.63. The highest BCUT2D eigenvalue weighted by atomic mass is 16.7. The van der Waals surface area contributed by atoms with Crippen molar-refractivity contribution in [1.82, 2.24) is 20.7 Å². The van der Waals surface area contributed by atoms with Gasteiger partial charge in [-0.15, -0.1) is 5.06 Å². The van der Waals surface area contributed by atoms with Crippen LogP contribution in [-0.2, 0) is 36.8 Å². The molecule has 3 rings (SSSR count). The quantitative estimate of drug-likeness (QED) is 0.110. The van der Waals surface area contributed by atoms with Crippen molar-refractivity contribution in [2.45, 2.75) is 44.9 Å². The molecular weight excluding hydrogens is 468 g/mol. The monoisotopic (exact) mass is 498 g/mol. The zero-order chi connectivity index (χ0) is 25.9. The number of pyridine rings is 1. The number of guanidine groups is 1. The van der Waals surface area contributed by atoms with Crippen molar-refractivity contribution < 1.29 is 28.8 Å². The molecule has 0 aliphatic carbocycles. The number of ether oxygens (including phenoxy) is 1. The lowest BCUT2D eigenvalue weighted by Gasteiger charge is -2.13. The van der Waals surface area contributed by atoms with Crippen molar-refractivity contribution in [3.8, 4) is 0 Å². The molecule has 1 aliphatic heterocycles. The Balaban J connectivity index is 1.39. The summed E-state index contributed by atoms with van der Waals surface area (Å²) in [5.41, 5.74) is 8.11. The largest absolute Gasteiger partial charge is 0.464 e. The van der Waals surface area contributed by atoms with E-state index in [0.29, 0.717) is 43.8 Å². The number of imide groups is 1. The first kappa shape index (κ1) is 26.4. The van der Waals surface area contributed by atoms with Crippen LogP contribution in [0.1, 0.15) is 43.2 Å². The number of carbonyl (C=O) groups is 4. The topological polar surface area (TPSA) is 177 Å². The SMILES string of the molecule is N=C(N)NCCOC(=O)CCCc1cnc2ccc(CCCNC(=O)ON3C(=O)CCC3=O)cc2c1. The van der Waals surface area contributed by atoms with Crippen LogP contribution in [0.25, 0.3) is 10.9 Å². The van der Waals surface area contributed by atoms with Gasteiger partial charge in [-0.2, -0.15) is 0 Å². The molecule has 12 heteroatoms. The number of nitrogens with two attached hydrogens (primary N) is 1. The molecule has 192 valence electrons. The minimum atomic E-state index is -0.831. The van der Waals surface area contributed by atoms with Crippen molar-refractivity contribution in [2.24, 2.45) is 5.73 Å². The van der Waals surface area contributed by atoms with E-state index < -0.39 is 17.9 Å². The average Bonchev–Trinajstić information content (AvgIpc) is 3.16. The molecule has 0 radical (unpaired) electrons. The number of benzene rings is 1. The summed E-state index contributed by atoms with van der Waals surface area (Å²) < 4.78 is 5.08. The molecule has 1 aromatic heterocycles. The number of carbonyl (C=O) groups excluding carboxylic acids is 4. The fourth-order valence-corrected chi connectivity index (χ4v) is 3.63. The van der Waals surface area contributed by atoms with Crippen LogP contribution in [0.4, 0.5) is 4.79 Å². The van der Waals surface area contributed by atoms with E-state index in [1.54, 1.807) is 6.20 Å². The van der Waals surface area contributed by atoms with Crippen molar-refractivity contribution in [3.05, 3.63) is 41.6 Å². The van der Waals surface area contributed by atoms with Crippen LogP contribution >= 0.6 is 0 Å². The summed E-state index contributed by atoms with van der Waals surface area (Å²) in [7, 11) is 0. The van der Waals surface area contributed by atoms with Gasteiger partial charge in [0, 0.05) is 37.4 Å². The number of hydrogen-bond acceptors (Lipinski definition) is 8. The number of aromatic nitrogens is 1. The second-order valence-electron chi connectivity index (χ2n) is 8.28. The molecule has 2 aromatic rings. The lowest BCUT2D eigenvalue weighted by molar-refractivity contribution is -0.171. The van der Waals surface area contributed by atoms with Gasteiger partial charge in [-0.1, -0.05) is 6.07 Å². The lowest BCUT2D eigenvalue weighted by Crippen LogP contribution is -2.37. The minimum absolute atomic E-state index is 0.0539. The van der Waals surface area contributed by atoms with Crippen molar-refractivity contribution in [2.75, 3.05) is 19.7 Å². The Morgan fingerprint density at radius 2 is 1.75 bits per heavy atom. The number of amides is 3. The smallest absolute Gasteiger partial charge is 0.432 e. The summed E-state index contributed by atoms with van der Waals surface area (Å²) in [6.45, 7) is 0.790. The third-order valence-corrected chi connectivity index (χ3v) is 5.42. The summed E-state index contributed by atoms with van der Waals surface area (Å²) in [6.07, 6.45) is 4.01. The van der Waals surface area contributed by atoms with Crippen LogP contribution in [0, 0.1) is 5.41 Å². The molecule has 1 aliphatic rings. The van der Waals surface area contributed by atoms with Crippen LogP contribution in [0.15, 0.2) is 30.5 Å². The molecule has 12 nitrogen and oxygen atoms in total. The second-order valence-corrected chi connectivity index (χ2v) is 8.28. The number of hydrogen-bond donors (Lipinski definition) is 4. The van der Waals surface area contributed by atoms with Gasteiger partial charge in [0.05, 0.1) is 12.1 Å². The van der Waals surface area contributed by atoms with E-state index >= 15 is 0 Å². The average molecular weight is 499 g/mol. The molecule has 3 amide bonds. The van der Waals surface area contributed by atoms with E-state index in [1.807, 2.05) is 24.3 Å². The number of fused-ring (bicyclic) bond motifs is 1. The first-order chi connectivity index (χ1) is 17.3. The molecule has 1 saturated heterocycles. The van der Waals surface area contributed by atoms with Gasteiger partial charge in [0.25, 0.3) is 11.8 Å². The maximum absolute atomic E-state index is 11.8. The molecule has 1 fully saturated rings. The summed E-state index contributed by atoms with van der Waals surface area (Å²) in [6, 6.07) is 8.01.